The number of hydrogen-bond donors (Lipinski definition) is 1. The number of rotatable bonds is 2. The van der Waals surface area contributed by atoms with Crippen molar-refractivity contribution >= 4 is 11.8 Å². The van der Waals surface area contributed by atoms with E-state index in [1.807, 2.05) is 48.9 Å². The van der Waals surface area contributed by atoms with Crippen LogP contribution in [0.25, 0.3) is 0 Å². The largest absolute Gasteiger partial charge is 0.365 e. The fourth-order valence-electron chi connectivity index (χ4n) is 2.39. The third-order valence-corrected chi connectivity index (χ3v) is 3.57. The lowest BCUT2D eigenvalue weighted by molar-refractivity contribution is -0.144. The van der Waals surface area contributed by atoms with Crippen molar-refractivity contribution in [2.45, 2.75) is 27.2 Å². The average Bonchev–Trinajstić information content (AvgIpc) is 2.90. The molecule has 5 nitrogen and oxygen atoms in total. The van der Waals surface area contributed by atoms with E-state index in [1.54, 1.807) is 0 Å². The number of nitrogens with one attached hydrogen (secondary N) is 1. The van der Waals surface area contributed by atoms with Crippen molar-refractivity contribution in [1.82, 2.24) is 14.8 Å². The molecule has 20 heavy (non-hydrogen) atoms. The quantitative estimate of drug-likeness (QED) is 0.885. The molecule has 0 bridgehead atoms. The molecule has 0 aliphatic carbocycles. The SMILES string of the molecule is CC(C)(C)C(=O)N1CCN(C(=O)Cc2ccc[nH]2)CC1. The van der Waals surface area contributed by atoms with E-state index in [0.717, 1.165) is 5.69 Å². The number of carbonyl (C=O) groups is 2. The number of piperazine rings is 1. The molecule has 2 heterocycles. The van der Waals surface area contributed by atoms with Crippen LogP contribution < -0.4 is 0 Å². The van der Waals surface area contributed by atoms with Gasteiger partial charge in [0.1, 0.15) is 0 Å². The Balaban J connectivity index is 1.85. The maximum atomic E-state index is 12.2. The smallest absolute Gasteiger partial charge is 0.228 e. The van der Waals surface area contributed by atoms with Gasteiger partial charge >= 0.3 is 0 Å². The van der Waals surface area contributed by atoms with Crippen LogP contribution in [-0.4, -0.2) is 52.8 Å². The van der Waals surface area contributed by atoms with Gasteiger partial charge in [0.25, 0.3) is 0 Å². The fraction of sp³-hybridized carbons (Fsp3) is 0.600. The maximum Gasteiger partial charge on any atom is 0.228 e. The Morgan fingerprint density at radius 2 is 1.75 bits per heavy atom. The summed E-state index contributed by atoms with van der Waals surface area (Å²) >= 11 is 0. The van der Waals surface area contributed by atoms with E-state index in [0.29, 0.717) is 32.6 Å². The van der Waals surface area contributed by atoms with E-state index in [4.69, 9.17) is 0 Å². The summed E-state index contributed by atoms with van der Waals surface area (Å²) in [6, 6.07) is 3.81. The predicted molar refractivity (Wildman–Crippen MR) is 77.1 cm³/mol. The molecule has 0 radical (unpaired) electrons. The lowest BCUT2D eigenvalue weighted by Gasteiger charge is -2.37. The molecule has 0 saturated carbocycles. The summed E-state index contributed by atoms with van der Waals surface area (Å²) in [6.45, 7) is 8.30. The second-order valence-corrected chi connectivity index (χ2v) is 6.30. The Bertz CT molecular complexity index is 466. The van der Waals surface area contributed by atoms with E-state index < -0.39 is 0 Å². The molecule has 1 aliphatic rings. The second-order valence-electron chi connectivity index (χ2n) is 6.30. The van der Waals surface area contributed by atoms with Crippen LogP contribution in [0, 0.1) is 5.41 Å². The molecule has 0 unspecified atom stereocenters. The number of aromatic amines is 1. The van der Waals surface area contributed by atoms with E-state index in [1.165, 1.54) is 0 Å². The number of H-pyrrole nitrogens is 1. The lowest BCUT2D eigenvalue weighted by Crippen LogP contribution is -2.53. The van der Waals surface area contributed by atoms with Crippen LogP contribution in [-0.2, 0) is 16.0 Å². The summed E-state index contributed by atoms with van der Waals surface area (Å²) in [4.78, 5) is 31.1. The van der Waals surface area contributed by atoms with Gasteiger partial charge in [-0.05, 0) is 12.1 Å². The first-order valence-corrected chi connectivity index (χ1v) is 7.07. The molecule has 110 valence electrons. The summed E-state index contributed by atoms with van der Waals surface area (Å²) in [7, 11) is 0. The van der Waals surface area contributed by atoms with E-state index in [-0.39, 0.29) is 17.2 Å². The minimum Gasteiger partial charge on any atom is -0.365 e. The van der Waals surface area contributed by atoms with Crippen LogP contribution in [0.4, 0.5) is 0 Å². The third kappa shape index (κ3) is 3.40. The highest BCUT2D eigenvalue weighted by molar-refractivity contribution is 5.82. The molecule has 1 aliphatic heterocycles. The number of hydrogen-bond acceptors (Lipinski definition) is 2. The van der Waals surface area contributed by atoms with Crippen LogP contribution in [0.5, 0.6) is 0 Å². The highest BCUT2D eigenvalue weighted by atomic mass is 16.2. The zero-order chi connectivity index (χ0) is 14.8. The van der Waals surface area contributed by atoms with E-state index in [9.17, 15) is 9.59 Å². The number of nitrogens with zero attached hydrogens (tertiary/aromatic N) is 2. The summed E-state index contributed by atoms with van der Waals surface area (Å²) in [6.07, 6.45) is 2.22. The fourth-order valence-corrected chi connectivity index (χ4v) is 2.39. The molecule has 5 heteroatoms. The van der Waals surface area contributed by atoms with Gasteiger partial charge in [-0.1, -0.05) is 20.8 Å². The van der Waals surface area contributed by atoms with E-state index in [2.05, 4.69) is 4.98 Å². The van der Waals surface area contributed by atoms with Gasteiger partial charge in [0.2, 0.25) is 11.8 Å². The summed E-state index contributed by atoms with van der Waals surface area (Å²) < 4.78 is 0. The maximum absolute atomic E-state index is 12.2. The minimum absolute atomic E-state index is 0.121. The summed E-state index contributed by atoms with van der Waals surface area (Å²) in [5, 5.41) is 0. The first kappa shape index (κ1) is 14.6. The van der Waals surface area contributed by atoms with Crippen LogP contribution in [0.15, 0.2) is 18.3 Å². The molecule has 0 spiro atoms. The monoisotopic (exact) mass is 277 g/mol. The Morgan fingerprint density at radius 3 is 2.25 bits per heavy atom. The highest BCUT2D eigenvalue weighted by Gasteiger charge is 2.30. The predicted octanol–water partition coefficient (Wildman–Crippen LogP) is 1.27. The van der Waals surface area contributed by atoms with Crippen molar-refractivity contribution in [3.05, 3.63) is 24.0 Å². The Hall–Kier alpha value is -1.78. The van der Waals surface area contributed by atoms with Gasteiger partial charge in [0, 0.05) is 43.5 Å². The number of aromatic nitrogens is 1. The molecular formula is C15H23N3O2. The Labute approximate surface area is 119 Å². The standard InChI is InChI=1S/C15H23N3O2/c1-15(2,3)14(20)18-9-7-17(8-10-18)13(19)11-12-5-4-6-16-12/h4-6,16H,7-11H2,1-3H3. The minimum atomic E-state index is -0.351. The van der Waals surface area contributed by atoms with Crippen molar-refractivity contribution in [2.24, 2.45) is 5.41 Å². The molecule has 2 amide bonds. The van der Waals surface area contributed by atoms with Crippen LogP contribution in [0.1, 0.15) is 26.5 Å². The lowest BCUT2D eigenvalue weighted by atomic mass is 9.94. The van der Waals surface area contributed by atoms with Gasteiger partial charge in [-0.2, -0.15) is 0 Å². The van der Waals surface area contributed by atoms with Gasteiger partial charge in [0.15, 0.2) is 0 Å². The van der Waals surface area contributed by atoms with Crippen LogP contribution in [0.3, 0.4) is 0 Å². The Kier molecular flexibility index (Phi) is 4.16. The van der Waals surface area contributed by atoms with Crippen molar-refractivity contribution in [1.29, 1.82) is 0 Å². The molecule has 1 fully saturated rings. The highest BCUT2D eigenvalue weighted by Crippen LogP contribution is 2.18. The van der Waals surface area contributed by atoms with Crippen LogP contribution in [0.2, 0.25) is 0 Å². The molecule has 1 aromatic heterocycles. The van der Waals surface area contributed by atoms with Crippen molar-refractivity contribution in [3.63, 3.8) is 0 Å². The molecule has 1 N–H and O–H groups in total. The van der Waals surface area contributed by atoms with Gasteiger partial charge in [-0.25, -0.2) is 0 Å². The normalized spacial score (nSPS) is 16.4. The zero-order valence-corrected chi connectivity index (χ0v) is 12.5. The summed E-state index contributed by atoms with van der Waals surface area (Å²) in [5.74, 6) is 0.282. The first-order valence-electron chi connectivity index (χ1n) is 7.07. The number of amides is 2. The van der Waals surface area contributed by atoms with Gasteiger partial charge in [-0.15, -0.1) is 0 Å². The van der Waals surface area contributed by atoms with Crippen molar-refractivity contribution in [3.8, 4) is 0 Å². The summed E-state index contributed by atoms with van der Waals surface area (Å²) in [5.41, 5.74) is 0.583. The topological polar surface area (TPSA) is 56.4 Å². The zero-order valence-electron chi connectivity index (χ0n) is 12.5. The van der Waals surface area contributed by atoms with E-state index >= 15 is 0 Å². The van der Waals surface area contributed by atoms with Crippen molar-refractivity contribution < 1.29 is 9.59 Å². The average molecular weight is 277 g/mol. The van der Waals surface area contributed by atoms with Crippen molar-refractivity contribution in [2.75, 3.05) is 26.2 Å². The second kappa shape index (κ2) is 5.69. The third-order valence-electron chi connectivity index (χ3n) is 3.57. The molecule has 0 aromatic carbocycles. The van der Waals surface area contributed by atoms with Gasteiger partial charge < -0.3 is 14.8 Å². The molecular weight excluding hydrogens is 254 g/mol. The number of carbonyl (C=O) groups excluding carboxylic acids is 2. The van der Waals surface area contributed by atoms with Gasteiger partial charge in [-0.3, -0.25) is 9.59 Å². The Morgan fingerprint density at radius 1 is 1.15 bits per heavy atom. The molecule has 0 atom stereocenters. The molecule has 2 rings (SSSR count). The van der Waals surface area contributed by atoms with Gasteiger partial charge in [0.05, 0.1) is 6.42 Å². The molecule has 1 saturated heterocycles. The molecule has 1 aromatic rings. The van der Waals surface area contributed by atoms with Crippen LogP contribution >= 0.6 is 0 Å². The first-order chi connectivity index (χ1) is 9.38.